The lowest BCUT2D eigenvalue weighted by Gasteiger charge is -2.16. The van der Waals surface area contributed by atoms with Gasteiger partial charge in [-0.15, -0.1) is 0 Å². The quantitative estimate of drug-likeness (QED) is 0.749. The third-order valence-corrected chi connectivity index (χ3v) is 1.62. The Hall–Kier alpha value is -1.45. The average molecular weight is 198 g/mol. The molecule has 0 radical (unpaired) electrons. The monoisotopic (exact) mass is 198 g/mol. The molecule has 0 unspecified atom stereocenters. The fourth-order valence-corrected chi connectivity index (χ4v) is 0.991. The fraction of sp³-hybridized carbons (Fsp3) is 0.500. The van der Waals surface area contributed by atoms with Gasteiger partial charge in [-0.1, -0.05) is 13.8 Å². The number of ether oxygens (including phenoxy) is 2. The normalized spacial score (nSPS) is 15.6. The Balaban J connectivity index is 2.65. The molecule has 0 spiro atoms. The van der Waals surface area contributed by atoms with E-state index in [9.17, 15) is 4.79 Å². The largest absolute Gasteiger partial charge is 0.493 e. The molecule has 0 bridgehead atoms. The summed E-state index contributed by atoms with van der Waals surface area (Å²) in [5.74, 6) is -0.432. The second-order valence-corrected chi connectivity index (χ2v) is 3.46. The molecule has 0 atom stereocenters. The molecule has 0 saturated heterocycles. The molecule has 0 amide bonds. The van der Waals surface area contributed by atoms with Gasteiger partial charge in [-0.3, -0.25) is 0 Å². The van der Waals surface area contributed by atoms with Crippen molar-refractivity contribution < 1.29 is 19.4 Å². The maximum atomic E-state index is 10.7. The van der Waals surface area contributed by atoms with Crippen molar-refractivity contribution in [1.82, 2.24) is 0 Å². The molecule has 4 heteroatoms. The van der Waals surface area contributed by atoms with Gasteiger partial charge in [0.2, 0.25) is 5.76 Å². The van der Waals surface area contributed by atoms with Gasteiger partial charge >= 0.3 is 5.97 Å². The molecule has 0 fully saturated rings. The van der Waals surface area contributed by atoms with Gasteiger partial charge in [0.1, 0.15) is 5.76 Å². The lowest BCUT2D eigenvalue weighted by molar-refractivity contribution is -0.136. The summed E-state index contributed by atoms with van der Waals surface area (Å²) in [5.41, 5.74) is 0. The molecule has 14 heavy (non-hydrogen) atoms. The summed E-state index contributed by atoms with van der Waals surface area (Å²) in [7, 11) is 0. The topological polar surface area (TPSA) is 55.8 Å². The number of hydrogen-bond donors (Lipinski definition) is 1. The van der Waals surface area contributed by atoms with Gasteiger partial charge in [0, 0.05) is 6.42 Å². The smallest absolute Gasteiger partial charge is 0.375 e. The van der Waals surface area contributed by atoms with Crippen LogP contribution in [0.1, 0.15) is 20.3 Å². The number of carboxylic acid groups (broad SMARTS) is 1. The van der Waals surface area contributed by atoms with Gasteiger partial charge in [-0.2, -0.15) is 0 Å². The Bertz CT molecular complexity index is 276. The molecule has 0 saturated carbocycles. The molecule has 0 aromatic heterocycles. The summed E-state index contributed by atoms with van der Waals surface area (Å²) in [6.07, 6.45) is 3.57. The van der Waals surface area contributed by atoms with E-state index in [0.29, 0.717) is 24.7 Å². The zero-order valence-corrected chi connectivity index (χ0v) is 8.32. The average Bonchev–Trinajstić information content (AvgIpc) is 2.15. The van der Waals surface area contributed by atoms with Crippen LogP contribution in [0, 0.1) is 5.92 Å². The molecule has 78 valence electrons. The molecule has 4 nitrogen and oxygen atoms in total. The van der Waals surface area contributed by atoms with E-state index >= 15 is 0 Å². The molecular formula is C10H14O4. The summed E-state index contributed by atoms with van der Waals surface area (Å²) in [5, 5.41) is 8.78. The molecule has 0 aromatic carbocycles. The van der Waals surface area contributed by atoms with Crippen LogP contribution in [0.4, 0.5) is 0 Å². The first-order chi connectivity index (χ1) is 6.61. The van der Waals surface area contributed by atoms with E-state index in [-0.39, 0.29) is 5.76 Å². The summed E-state index contributed by atoms with van der Waals surface area (Å²) in [6.45, 7) is 4.50. The molecular weight excluding hydrogens is 184 g/mol. The van der Waals surface area contributed by atoms with Crippen LogP contribution in [-0.2, 0) is 14.3 Å². The Morgan fingerprint density at radius 3 is 3.00 bits per heavy atom. The molecule has 0 aromatic rings. The van der Waals surface area contributed by atoms with E-state index in [2.05, 4.69) is 0 Å². The van der Waals surface area contributed by atoms with Crippen molar-refractivity contribution in [2.24, 2.45) is 5.92 Å². The zero-order chi connectivity index (χ0) is 10.6. The number of aliphatic carboxylic acids is 1. The highest BCUT2D eigenvalue weighted by atomic mass is 16.5. The van der Waals surface area contributed by atoms with Crippen molar-refractivity contribution in [3.05, 3.63) is 23.9 Å². The number of carboxylic acids is 1. The highest BCUT2D eigenvalue weighted by Crippen LogP contribution is 2.19. The summed E-state index contributed by atoms with van der Waals surface area (Å²) in [4.78, 5) is 10.7. The van der Waals surface area contributed by atoms with Crippen LogP contribution in [0.15, 0.2) is 23.9 Å². The number of hydrogen-bond acceptors (Lipinski definition) is 3. The van der Waals surface area contributed by atoms with Crippen LogP contribution in [-0.4, -0.2) is 17.7 Å². The van der Waals surface area contributed by atoms with Crippen LogP contribution >= 0.6 is 0 Å². The predicted octanol–water partition coefficient (Wildman–Crippen LogP) is 1.89. The van der Waals surface area contributed by atoms with Crippen molar-refractivity contribution >= 4 is 5.97 Å². The molecule has 1 heterocycles. The summed E-state index contributed by atoms with van der Waals surface area (Å²) < 4.78 is 10.2. The maximum absolute atomic E-state index is 10.7. The van der Waals surface area contributed by atoms with Gasteiger partial charge in [-0.05, 0) is 12.0 Å². The van der Waals surface area contributed by atoms with Gasteiger partial charge < -0.3 is 14.6 Å². The van der Waals surface area contributed by atoms with E-state index in [1.54, 1.807) is 6.08 Å². The molecule has 0 aliphatic carbocycles. The molecule has 1 aliphatic heterocycles. The van der Waals surface area contributed by atoms with Crippen molar-refractivity contribution in [3.63, 3.8) is 0 Å². The summed E-state index contributed by atoms with van der Waals surface area (Å²) in [6, 6.07) is 0. The first-order valence-electron chi connectivity index (χ1n) is 4.52. The van der Waals surface area contributed by atoms with Crippen molar-refractivity contribution in [2.75, 3.05) is 6.61 Å². The SMILES string of the molecule is CC(C)COC1=C(C(=O)O)OC=CC1. The first kappa shape index (κ1) is 10.6. The third kappa shape index (κ3) is 2.80. The van der Waals surface area contributed by atoms with Crippen LogP contribution in [0.2, 0.25) is 0 Å². The fourth-order valence-electron chi connectivity index (χ4n) is 0.991. The minimum Gasteiger partial charge on any atom is -0.493 e. The van der Waals surface area contributed by atoms with Gasteiger partial charge in [0.25, 0.3) is 0 Å². The maximum Gasteiger partial charge on any atom is 0.375 e. The first-order valence-corrected chi connectivity index (χ1v) is 4.52. The van der Waals surface area contributed by atoms with Crippen molar-refractivity contribution in [1.29, 1.82) is 0 Å². The van der Waals surface area contributed by atoms with E-state index in [1.165, 1.54) is 6.26 Å². The second-order valence-electron chi connectivity index (χ2n) is 3.46. The number of carbonyl (C=O) groups is 1. The van der Waals surface area contributed by atoms with Crippen LogP contribution in [0.5, 0.6) is 0 Å². The Morgan fingerprint density at radius 2 is 2.43 bits per heavy atom. The highest BCUT2D eigenvalue weighted by molar-refractivity contribution is 5.85. The van der Waals surface area contributed by atoms with Crippen molar-refractivity contribution in [3.8, 4) is 0 Å². The van der Waals surface area contributed by atoms with Crippen molar-refractivity contribution in [2.45, 2.75) is 20.3 Å². The zero-order valence-electron chi connectivity index (χ0n) is 8.32. The van der Waals surface area contributed by atoms with E-state index in [4.69, 9.17) is 14.6 Å². The second kappa shape index (κ2) is 4.69. The molecule has 1 aliphatic rings. The third-order valence-electron chi connectivity index (χ3n) is 1.62. The van der Waals surface area contributed by atoms with E-state index < -0.39 is 5.97 Å². The van der Waals surface area contributed by atoms with Gasteiger partial charge in [0.05, 0.1) is 12.9 Å². The van der Waals surface area contributed by atoms with Crippen LogP contribution in [0.25, 0.3) is 0 Å². The van der Waals surface area contributed by atoms with Gasteiger partial charge in [0.15, 0.2) is 0 Å². The lowest BCUT2D eigenvalue weighted by atomic mass is 10.2. The van der Waals surface area contributed by atoms with E-state index in [0.717, 1.165) is 0 Å². The Kier molecular flexibility index (Phi) is 3.56. The van der Waals surface area contributed by atoms with Crippen LogP contribution < -0.4 is 0 Å². The molecule has 1 rings (SSSR count). The number of allylic oxidation sites excluding steroid dienone is 1. The Morgan fingerprint density at radius 1 is 1.71 bits per heavy atom. The summed E-state index contributed by atoms with van der Waals surface area (Å²) >= 11 is 0. The standard InChI is InChI=1S/C10H14O4/c1-7(2)6-14-8-4-3-5-13-9(8)10(11)12/h3,5,7H,4,6H2,1-2H3,(H,11,12). The van der Waals surface area contributed by atoms with Crippen LogP contribution in [0.3, 0.4) is 0 Å². The molecule has 1 N–H and O–H groups in total. The van der Waals surface area contributed by atoms with Gasteiger partial charge in [-0.25, -0.2) is 4.79 Å². The minimum atomic E-state index is -1.09. The number of rotatable bonds is 4. The Labute approximate surface area is 82.8 Å². The lowest BCUT2D eigenvalue weighted by Crippen LogP contribution is -2.12. The minimum absolute atomic E-state index is 0.104. The highest BCUT2D eigenvalue weighted by Gasteiger charge is 2.19. The van der Waals surface area contributed by atoms with E-state index in [1.807, 2.05) is 13.8 Å². The predicted molar refractivity (Wildman–Crippen MR) is 50.3 cm³/mol.